The molecular formula is C9H6BrFO3. The normalized spacial score (nSPS) is 9.86. The van der Waals surface area contributed by atoms with E-state index >= 15 is 0 Å². The highest BCUT2D eigenvalue weighted by Gasteiger charge is 2.17. The number of benzene rings is 1. The Bertz CT molecular complexity index is 369. The van der Waals surface area contributed by atoms with Crippen LogP contribution in [0.15, 0.2) is 22.7 Å². The second-order valence-electron chi connectivity index (χ2n) is 2.59. The SMILES string of the molecule is O=C(O)CC(=O)c1c(F)cccc1Br. The van der Waals surface area contributed by atoms with Crippen LogP contribution in [-0.4, -0.2) is 16.9 Å². The maximum Gasteiger partial charge on any atom is 0.311 e. The van der Waals surface area contributed by atoms with Crippen LogP contribution in [0.4, 0.5) is 4.39 Å². The van der Waals surface area contributed by atoms with Gasteiger partial charge in [0.25, 0.3) is 0 Å². The van der Waals surface area contributed by atoms with Crippen LogP contribution >= 0.6 is 15.9 Å². The van der Waals surface area contributed by atoms with E-state index in [0.717, 1.165) is 6.07 Å². The third kappa shape index (κ3) is 2.38. The van der Waals surface area contributed by atoms with Crippen molar-refractivity contribution in [2.45, 2.75) is 6.42 Å². The van der Waals surface area contributed by atoms with Crippen molar-refractivity contribution < 1.29 is 19.1 Å². The molecule has 0 spiro atoms. The largest absolute Gasteiger partial charge is 0.481 e. The van der Waals surface area contributed by atoms with E-state index in [1.54, 1.807) is 0 Å². The highest BCUT2D eigenvalue weighted by Crippen LogP contribution is 2.20. The van der Waals surface area contributed by atoms with Gasteiger partial charge in [-0.3, -0.25) is 9.59 Å². The second kappa shape index (κ2) is 4.32. The van der Waals surface area contributed by atoms with E-state index in [-0.39, 0.29) is 10.0 Å². The number of ketones is 1. The van der Waals surface area contributed by atoms with Crippen LogP contribution in [0, 0.1) is 5.82 Å². The van der Waals surface area contributed by atoms with Gasteiger partial charge in [0.15, 0.2) is 5.78 Å². The summed E-state index contributed by atoms with van der Waals surface area (Å²) in [5.74, 6) is -2.74. The van der Waals surface area contributed by atoms with E-state index in [2.05, 4.69) is 15.9 Å². The molecular weight excluding hydrogens is 255 g/mol. The molecule has 0 amide bonds. The molecule has 0 atom stereocenters. The zero-order chi connectivity index (χ0) is 10.7. The Hall–Kier alpha value is -1.23. The first-order valence-electron chi connectivity index (χ1n) is 3.71. The molecule has 0 aliphatic heterocycles. The lowest BCUT2D eigenvalue weighted by Gasteiger charge is -2.02. The molecule has 0 radical (unpaired) electrons. The number of aliphatic carboxylic acids is 1. The number of carboxylic acids is 1. The van der Waals surface area contributed by atoms with Gasteiger partial charge in [0.1, 0.15) is 12.2 Å². The predicted molar refractivity (Wildman–Crippen MR) is 50.7 cm³/mol. The Morgan fingerprint density at radius 1 is 1.43 bits per heavy atom. The van der Waals surface area contributed by atoms with Gasteiger partial charge < -0.3 is 5.11 Å². The molecule has 0 saturated heterocycles. The van der Waals surface area contributed by atoms with E-state index < -0.39 is 24.0 Å². The second-order valence-corrected chi connectivity index (χ2v) is 3.44. The van der Waals surface area contributed by atoms with Gasteiger partial charge in [-0.1, -0.05) is 6.07 Å². The van der Waals surface area contributed by atoms with E-state index in [4.69, 9.17) is 5.11 Å². The lowest BCUT2D eigenvalue weighted by Crippen LogP contribution is -2.09. The van der Waals surface area contributed by atoms with Gasteiger partial charge in [-0.2, -0.15) is 0 Å². The van der Waals surface area contributed by atoms with E-state index in [0.29, 0.717) is 0 Å². The zero-order valence-corrected chi connectivity index (χ0v) is 8.54. The number of hydrogen-bond acceptors (Lipinski definition) is 2. The Kier molecular flexibility index (Phi) is 3.35. The number of carbonyl (C=O) groups excluding carboxylic acids is 1. The van der Waals surface area contributed by atoms with Crippen molar-refractivity contribution in [3.8, 4) is 0 Å². The summed E-state index contributed by atoms with van der Waals surface area (Å²) < 4.78 is 13.4. The molecule has 0 heterocycles. The monoisotopic (exact) mass is 260 g/mol. The van der Waals surface area contributed by atoms with Crippen LogP contribution in [0.3, 0.4) is 0 Å². The molecule has 74 valence electrons. The number of halogens is 2. The Morgan fingerprint density at radius 2 is 2.07 bits per heavy atom. The number of rotatable bonds is 3. The minimum atomic E-state index is -1.27. The number of carboxylic acid groups (broad SMARTS) is 1. The quantitative estimate of drug-likeness (QED) is 0.670. The third-order valence-electron chi connectivity index (χ3n) is 1.55. The third-order valence-corrected chi connectivity index (χ3v) is 2.21. The number of hydrogen-bond donors (Lipinski definition) is 1. The molecule has 0 aromatic heterocycles. The number of Topliss-reactive ketones (excluding diaryl/α,β-unsaturated/α-hetero) is 1. The zero-order valence-electron chi connectivity index (χ0n) is 6.96. The van der Waals surface area contributed by atoms with Crippen LogP contribution in [0.5, 0.6) is 0 Å². The van der Waals surface area contributed by atoms with Gasteiger partial charge in [0.2, 0.25) is 0 Å². The molecule has 3 nitrogen and oxygen atoms in total. The highest BCUT2D eigenvalue weighted by molar-refractivity contribution is 9.10. The molecule has 1 N–H and O–H groups in total. The minimum Gasteiger partial charge on any atom is -0.481 e. The fraction of sp³-hybridized carbons (Fsp3) is 0.111. The first-order chi connectivity index (χ1) is 6.52. The van der Waals surface area contributed by atoms with E-state index in [1.807, 2.05) is 0 Å². The van der Waals surface area contributed by atoms with Crippen molar-refractivity contribution in [1.82, 2.24) is 0 Å². The van der Waals surface area contributed by atoms with Gasteiger partial charge in [0.05, 0.1) is 5.56 Å². The van der Waals surface area contributed by atoms with Crippen LogP contribution in [0.25, 0.3) is 0 Å². The lowest BCUT2D eigenvalue weighted by molar-refractivity contribution is -0.135. The number of carbonyl (C=O) groups is 2. The molecule has 1 aromatic carbocycles. The molecule has 0 fully saturated rings. The molecule has 5 heteroatoms. The smallest absolute Gasteiger partial charge is 0.311 e. The maximum absolute atomic E-state index is 13.1. The molecule has 0 saturated carbocycles. The van der Waals surface area contributed by atoms with Gasteiger partial charge in [-0.05, 0) is 28.1 Å². The highest BCUT2D eigenvalue weighted by atomic mass is 79.9. The Morgan fingerprint density at radius 3 is 2.57 bits per heavy atom. The predicted octanol–water partition coefficient (Wildman–Crippen LogP) is 2.25. The Balaban J connectivity index is 3.06. The van der Waals surface area contributed by atoms with Gasteiger partial charge >= 0.3 is 5.97 Å². The van der Waals surface area contributed by atoms with Gasteiger partial charge in [0, 0.05) is 4.47 Å². The fourth-order valence-electron chi connectivity index (χ4n) is 0.990. The standard InChI is InChI=1S/C9H6BrFO3/c10-5-2-1-3-6(11)9(5)7(12)4-8(13)14/h1-3H,4H2,(H,13,14). The molecule has 1 aromatic rings. The summed E-state index contributed by atoms with van der Waals surface area (Å²) in [6.07, 6.45) is -0.709. The Labute approximate surface area is 87.7 Å². The molecule has 0 unspecified atom stereocenters. The van der Waals surface area contributed by atoms with Crippen LogP contribution in [0.2, 0.25) is 0 Å². The van der Waals surface area contributed by atoms with Crippen LogP contribution < -0.4 is 0 Å². The summed E-state index contributed by atoms with van der Waals surface area (Å²) >= 11 is 2.98. The fourth-order valence-corrected chi connectivity index (χ4v) is 1.55. The van der Waals surface area contributed by atoms with Gasteiger partial charge in [-0.25, -0.2) is 4.39 Å². The first-order valence-corrected chi connectivity index (χ1v) is 4.50. The molecule has 1 rings (SSSR count). The maximum atomic E-state index is 13.1. The average Bonchev–Trinajstić information content (AvgIpc) is 2.01. The topological polar surface area (TPSA) is 54.4 Å². The molecule has 14 heavy (non-hydrogen) atoms. The summed E-state index contributed by atoms with van der Waals surface area (Å²) in [7, 11) is 0. The van der Waals surface area contributed by atoms with Gasteiger partial charge in [-0.15, -0.1) is 0 Å². The summed E-state index contributed by atoms with van der Waals surface area (Å²) in [4.78, 5) is 21.5. The van der Waals surface area contributed by atoms with Crippen molar-refractivity contribution in [2.24, 2.45) is 0 Å². The van der Waals surface area contributed by atoms with Crippen molar-refractivity contribution in [2.75, 3.05) is 0 Å². The summed E-state index contributed by atoms with van der Waals surface area (Å²) in [6.45, 7) is 0. The van der Waals surface area contributed by atoms with Crippen molar-refractivity contribution in [3.05, 3.63) is 34.1 Å². The average molecular weight is 261 g/mol. The summed E-state index contributed by atoms with van der Waals surface area (Å²) in [5.41, 5.74) is -0.213. The van der Waals surface area contributed by atoms with Crippen LogP contribution in [0.1, 0.15) is 16.8 Å². The molecule has 0 aliphatic rings. The summed E-state index contributed by atoms with van der Waals surface area (Å²) in [5, 5.41) is 8.37. The first kappa shape index (κ1) is 10.8. The summed E-state index contributed by atoms with van der Waals surface area (Å²) in [6, 6.07) is 4.02. The van der Waals surface area contributed by atoms with E-state index in [1.165, 1.54) is 12.1 Å². The van der Waals surface area contributed by atoms with Crippen molar-refractivity contribution in [3.63, 3.8) is 0 Å². The van der Waals surface area contributed by atoms with Crippen LogP contribution in [-0.2, 0) is 4.79 Å². The molecule has 0 aliphatic carbocycles. The van der Waals surface area contributed by atoms with E-state index in [9.17, 15) is 14.0 Å². The van der Waals surface area contributed by atoms with Crippen molar-refractivity contribution in [1.29, 1.82) is 0 Å². The van der Waals surface area contributed by atoms with Crippen molar-refractivity contribution >= 4 is 27.7 Å². The molecule has 0 bridgehead atoms. The lowest BCUT2D eigenvalue weighted by atomic mass is 10.1. The minimum absolute atomic E-state index is 0.213.